The van der Waals surface area contributed by atoms with E-state index in [2.05, 4.69) is 61.4 Å². The second kappa shape index (κ2) is 10.5. The summed E-state index contributed by atoms with van der Waals surface area (Å²) < 4.78 is 6.79. The lowest BCUT2D eigenvalue weighted by molar-refractivity contribution is -0.124. The monoisotopic (exact) mass is 449 g/mol. The Labute approximate surface area is 194 Å². The van der Waals surface area contributed by atoms with Crippen LogP contribution in [-0.4, -0.2) is 63.9 Å². The topological polar surface area (TPSA) is 88.4 Å². The van der Waals surface area contributed by atoms with Gasteiger partial charge in [0.2, 0.25) is 5.91 Å². The number of ether oxygens (including phenoxy) is 1. The molecule has 1 aliphatic rings. The summed E-state index contributed by atoms with van der Waals surface area (Å²) in [6.07, 6.45) is 7.23. The van der Waals surface area contributed by atoms with Crippen molar-refractivity contribution in [2.45, 2.75) is 26.1 Å². The Hall–Kier alpha value is -3.30. The van der Waals surface area contributed by atoms with Gasteiger partial charge in [0, 0.05) is 70.5 Å². The predicted molar refractivity (Wildman–Crippen MR) is 126 cm³/mol. The number of nitrogens with zero attached hydrogens (tertiary/aromatic N) is 6. The summed E-state index contributed by atoms with van der Waals surface area (Å²) in [5.41, 5.74) is 4.72. The molecular formula is C24H31N7O2. The molecule has 4 rings (SSSR count). The van der Waals surface area contributed by atoms with E-state index in [0.717, 1.165) is 37.6 Å². The largest absolute Gasteiger partial charge is 0.375 e. The van der Waals surface area contributed by atoms with Gasteiger partial charge >= 0.3 is 0 Å². The summed E-state index contributed by atoms with van der Waals surface area (Å²) in [5, 5.41) is 7.29. The van der Waals surface area contributed by atoms with E-state index in [4.69, 9.17) is 4.74 Å². The summed E-state index contributed by atoms with van der Waals surface area (Å²) in [7, 11) is 3.49. The number of aryl methyl sites for hydroxylation is 1. The van der Waals surface area contributed by atoms with Gasteiger partial charge in [-0.2, -0.15) is 5.10 Å². The quantitative estimate of drug-likeness (QED) is 0.561. The number of methoxy groups -OCH3 is 1. The van der Waals surface area contributed by atoms with Crippen molar-refractivity contribution >= 4 is 11.7 Å². The van der Waals surface area contributed by atoms with Crippen molar-refractivity contribution in [3.63, 3.8) is 0 Å². The highest BCUT2D eigenvalue weighted by Crippen LogP contribution is 2.29. The van der Waals surface area contributed by atoms with E-state index >= 15 is 0 Å². The lowest BCUT2D eigenvalue weighted by atomic mass is 10.00. The van der Waals surface area contributed by atoms with E-state index in [-0.39, 0.29) is 18.6 Å². The van der Waals surface area contributed by atoms with Crippen LogP contribution in [-0.2, 0) is 29.7 Å². The third-order valence-electron chi connectivity index (χ3n) is 6.20. The standard InChI is InChI=1S/C24H31N7O2/c1-18-21(13-28-29(18)2)15-30-10-11-31(23-14-25-8-9-26-23)16-22(30)20-6-4-19(5-7-20)12-27-24(32)17-33-3/h4-9,13-14,22H,10-12,15-17H2,1-3H3,(H,27,32). The van der Waals surface area contributed by atoms with Gasteiger partial charge in [0.25, 0.3) is 0 Å². The molecule has 9 nitrogen and oxygen atoms in total. The molecular weight excluding hydrogens is 418 g/mol. The van der Waals surface area contributed by atoms with Crippen molar-refractivity contribution in [1.29, 1.82) is 0 Å². The number of anilines is 1. The Kier molecular flexibility index (Phi) is 7.31. The van der Waals surface area contributed by atoms with Gasteiger partial charge in [0.15, 0.2) is 0 Å². The number of amides is 1. The van der Waals surface area contributed by atoms with Crippen LogP contribution in [0.25, 0.3) is 0 Å². The van der Waals surface area contributed by atoms with Crippen LogP contribution < -0.4 is 10.2 Å². The number of carbonyl (C=O) groups is 1. The molecule has 3 heterocycles. The van der Waals surface area contributed by atoms with Crippen molar-refractivity contribution in [2.75, 3.05) is 38.3 Å². The highest BCUT2D eigenvalue weighted by molar-refractivity contribution is 5.77. The molecule has 0 bridgehead atoms. The minimum absolute atomic E-state index is 0.0705. The Morgan fingerprint density at radius 2 is 2.00 bits per heavy atom. The maximum absolute atomic E-state index is 11.7. The second-order valence-electron chi connectivity index (χ2n) is 8.33. The molecule has 1 saturated heterocycles. The van der Waals surface area contributed by atoms with Crippen LogP contribution in [0.2, 0.25) is 0 Å². The number of rotatable bonds is 8. The Morgan fingerprint density at radius 3 is 2.67 bits per heavy atom. The number of hydrogen-bond acceptors (Lipinski definition) is 7. The Balaban J connectivity index is 1.52. The fourth-order valence-corrected chi connectivity index (χ4v) is 4.15. The molecule has 1 N–H and O–H groups in total. The average Bonchev–Trinajstić information content (AvgIpc) is 3.16. The molecule has 2 aromatic heterocycles. The lowest BCUT2D eigenvalue weighted by Crippen LogP contribution is -2.48. The SMILES string of the molecule is COCC(=O)NCc1ccc(C2CN(c3cnccn3)CCN2Cc2cnn(C)c2C)cc1. The van der Waals surface area contributed by atoms with Crippen LogP contribution >= 0.6 is 0 Å². The molecule has 9 heteroatoms. The van der Waals surface area contributed by atoms with Crippen molar-refractivity contribution < 1.29 is 9.53 Å². The van der Waals surface area contributed by atoms with E-state index in [1.165, 1.54) is 23.9 Å². The molecule has 174 valence electrons. The fraction of sp³-hybridized carbons (Fsp3) is 0.417. The zero-order valence-electron chi connectivity index (χ0n) is 19.4. The van der Waals surface area contributed by atoms with Crippen molar-refractivity contribution in [3.8, 4) is 0 Å². The predicted octanol–water partition coefficient (Wildman–Crippen LogP) is 1.84. The van der Waals surface area contributed by atoms with Crippen LogP contribution in [0.4, 0.5) is 5.82 Å². The molecule has 0 saturated carbocycles. The van der Waals surface area contributed by atoms with E-state index in [1.807, 2.05) is 24.1 Å². The van der Waals surface area contributed by atoms with Crippen LogP contribution in [0, 0.1) is 6.92 Å². The average molecular weight is 450 g/mol. The first-order chi connectivity index (χ1) is 16.0. The van der Waals surface area contributed by atoms with Gasteiger partial charge in [-0.25, -0.2) is 4.98 Å². The van der Waals surface area contributed by atoms with Crippen molar-refractivity contribution in [2.24, 2.45) is 7.05 Å². The Bertz CT molecular complexity index is 1050. The normalized spacial score (nSPS) is 16.7. The summed E-state index contributed by atoms with van der Waals surface area (Å²) >= 11 is 0. The number of aromatic nitrogens is 4. The van der Waals surface area contributed by atoms with Gasteiger partial charge in [-0.3, -0.25) is 19.4 Å². The molecule has 1 atom stereocenters. The number of hydrogen-bond donors (Lipinski definition) is 1. The van der Waals surface area contributed by atoms with E-state index in [1.54, 1.807) is 12.4 Å². The van der Waals surface area contributed by atoms with Crippen LogP contribution in [0.15, 0.2) is 49.1 Å². The van der Waals surface area contributed by atoms with Crippen LogP contribution in [0.5, 0.6) is 0 Å². The van der Waals surface area contributed by atoms with Crippen molar-refractivity contribution in [3.05, 3.63) is 71.4 Å². The molecule has 33 heavy (non-hydrogen) atoms. The minimum Gasteiger partial charge on any atom is -0.375 e. The summed E-state index contributed by atoms with van der Waals surface area (Å²) in [5.74, 6) is 0.781. The lowest BCUT2D eigenvalue weighted by Gasteiger charge is -2.42. The molecule has 0 spiro atoms. The highest BCUT2D eigenvalue weighted by Gasteiger charge is 2.29. The summed E-state index contributed by atoms with van der Waals surface area (Å²) in [6.45, 7) is 6.12. The fourth-order valence-electron chi connectivity index (χ4n) is 4.15. The van der Waals surface area contributed by atoms with Gasteiger partial charge in [0.1, 0.15) is 12.4 Å². The smallest absolute Gasteiger partial charge is 0.246 e. The molecule has 0 aliphatic carbocycles. The molecule has 3 aromatic rings. The van der Waals surface area contributed by atoms with Gasteiger partial charge in [-0.1, -0.05) is 24.3 Å². The molecule has 1 unspecified atom stereocenters. The molecule has 1 aromatic carbocycles. The van der Waals surface area contributed by atoms with Gasteiger partial charge in [-0.05, 0) is 18.1 Å². The summed E-state index contributed by atoms with van der Waals surface area (Å²) in [6, 6.07) is 8.67. The maximum Gasteiger partial charge on any atom is 0.246 e. The van der Waals surface area contributed by atoms with E-state index in [9.17, 15) is 4.79 Å². The van der Waals surface area contributed by atoms with Crippen molar-refractivity contribution in [1.82, 2.24) is 30.0 Å². The molecule has 1 amide bonds. The molecule has 1 aliphatic heterocycles. The van der Waals surface area contributed by atoms with Gasteiger partial charge in [-0.15, -0.1) is 0 Å². The first kappa shape index (κ1) is 22.9. The molecule has 1 fully saturated rings. The van der Waals surface area contributed by atoms with Crippen LogP contribution in [0.1, 0.15) is 28.4 Å². The first-order valence-electron chi connectivity index (χ1n) is 11.1. The summed E-state index contributed by atoms with van der Waals surface area (Å²) in [4.78, 5) is 25.2. The highest BCUT2D eigenvalue weighted by atomic mass is 16.5. The maximum atomic E-state index is 11.7. The Morgan fingerprint density at radius 1 is 1.18 bits per heavy atom. The third-order valence-corrected chi connectivity index (χ3v) is 6.20. The number of nitrogens with one attached hydrogen (secondary N) is 1. The van der Waals surface area contributed by atoms with Gasteiger partial charge in [0.05, 0.1) is 18.4 Å². The third kappa shape index (κ3) is 5.55. The van der Waals surface area contributed by atoms with E-state index < -0.39 is 0 Å². The zero-order valence-corrected chi connectivity index (χ0v) is 19.4. The van der Waals surface area contributed by atoms with Gasteiger partial charge < -0.3 is 15.0 Å². The number of piperazine rings is 1. The minimum atomic E-state index is -0.119. The number of benzene rings is 1. The number of carbonyl (C=O) groups excluding carboxylic acids is 1. The van der Waals surface area contributed by atoms with Crippen LogP contribution in [0.3, 0.4) is 0 Å². The van der Waals surface area contributed by atoms with E-state index in [0.29, 0.717) is 6.54 Å². The first-order valence-corrected chi connectivity index (χ1v) is 11.1. The zero-order chi connectivity index (χ0) is 23.2. The molecule has 0 radical (unpaired) electrons. The second-order valence-corrected chi connectivity index (χ2v) is 8.33.